The fourth-order valence-electron chi connectivity index (χ4n) is 3.70. The lowest BCUT2D eigenvalue weighted by atomic mass is 9.77. The van der Waals surface area contributed by atoms with Gasteiger partial charge in [0.1, 0.15) is 0 Å². The van der Waals surface area contributed by atoms with Gasteiger partial charge in [-0.15, -0.1) is 0 Å². The van der Waals surface area contributed by atoms with Gasteiger partial charge < -0.3 is 16.0 Å². The number of hydrogen-bond donors (Lipinski definition) is 2. The summed E-state index contributed by atoms with van der Waals surface area (Å²) < 4.78 is 40.1. The second-order valence-corrected chi connectivity index (χ2v) is 7.28. The van der Waals surface area contributed by atoms with Crippen molar-refractivity contribution in [2.24, 2.45) is 5.73 Å². The van der Waals surface area contributed by atoms with Crippen LogP contribution in [0.1, 0.15) is 40.5 Å². The van der Waals surface area contributed by atoms with Gasteiger partial charge in [-0.05, 0) is 52.7 Å². The van der Waals surface area contributed by atoms with Gasteiger partial charge >= 0.3 is 6.03 Å². The molecule has 1 saturated heterocycles. The van der Waals surface area contributed by atoms with Gasteiger partial charge in [0, 0.05) is 17.1 Å². The van der Waals surface area contributed by atoms with Crippen LogP contribution in [0.5, 0.6) is 0 Å². The monoisotopic (exact) mass is 329 g/mol. The fraction of sp³-hybridized carbons (Fsp3) is 0.562. The summed E-state index contributed by atoms with van der Waals surface area (Å²) in [4.78, 5) is 14.2. The van der Waals surface area contributed by atoms with Crippen LogP contribution < -0.4 is 11.1 Å². The summed E-state index contributed by atoms with van der Waals surface area (Å²) in [5, 5.41) is 2.34. The van der Waals surface area contributed by atoms with E-state index in [2.05, 4.69) is 5.32 Å². The summed E-state index contributed by atoms with van der Waals surface area (Å²) in [7, 11) is 0. The zero-order valence-electron chi connectivity index (χ0n) is 13.7. The summed E-state index contributed by atoms with van der Waals surface area (Å²) >= 11 is 0. The van der Waals surface area contributed by atoms with E-state index in [0.717, 1.165) is 12.1 Å². The summed E-state index contributed by atoms with van der Waals surface area (Å²) in [6.07, 6.45) is 1.17. The number of rotatable bonds is 1. The Morgan fingerprint density at radius 2 is 1.65 bits per heavy atom. The lowest BCUT2D eigenvalue weighted by Crippen LogP contribution is -2.66. The number of hydrogen-bond acceptors (Lipinski definition) is 2. The molecular weight excluding hydrogens is 307 g/mol. The Kier molecular flexibility index (Phi) is 4.36. The predicted octanol–water partition coefficient (Wildman–Crippen LogP) is 3.62. The Bertz CT molecular complexity index is 613. The van der Waals surface area contributed by atoms with Crippen molar-refractivity contribution >= 4 is 11.7 Å². The van der Waals surface area contributed by atoms with Crippen LogP contribution in [-0.4, -0.2) is 28.1 Å². The number of nitrogens with one attached hydrogen (secondary N) is 1. The van der Waals surface area contributed by atoms with E-state index >= 15 is 0 Å². The van der Waals surface area contributed by atoms with Gasteiger partial charge in [-0.25, -0.2) is 18.0 Å². The van der Waals surface area contributed by atoms with Crippen molar-refractivity contribution in [3.05, 3.63) is 29.6 Å². The lowest BCUT2D eigenvalue weighted by Gasteiger charge is -2.54. The molecule has 23 heavy (non-hydrogen) atoms. The molecule has 1 aromatic rings. The van der Waals surface area contributed by atoms with Crippen molar-refractivity contribution < 1.29 is 18.0 Å². The third-order valence-corrected chi connectivity index (χ3v) is 4.21. The average molecular weight is 329 g/mol. The molecule has 2 rings (SSSR count). The van der Waals surface area contributed by atoms with Gasteiger partial charge in [0.25, 0.3) is 0 Å². The maximum absolute atomic E-state index is 13.8. The molecule has 1 aliphatic rings. The van der Waals surface area contributed by atoms with Gasteiger partial charge in [-0.2, -0.15) is 0 Å². The third kappa shape index (κ3) is 3.29. The van der Waals surface area contributed by atoms with E-state index in [1.165, 1.54) is 0 Å². The number of nitrogens with two attached hydrogens (primary N) is 1. The van der Waals surface area contributed by atoms with E-state index in [1.54, 1.807) is 4.90 Å². The third-order valence-electron chi connectivity index (χ3n) is 4.21. The Morgan fingerprint density at radius 3 is 2.17 bits per heavy atom. The highest BCUT2D eigenvalue weighted by molar-refractivity contribution is 5.90. The standard InChI is InChI=1S/C16H22F3N3O/c1-15(2)7-9(20)8-16(3,4)22(15)14(23)21-11-6-5-10(17)12(18)13(11)19/h5-6,9H,7-8,20H2,1-4H3,(H,21,23). The van der Waals surface area contributed by atoms with E-state index in [-0.39, 0.29) is 6.04 Å². The number of piperidine rings is 1. The molecule has 1 heterocycles. The van der Waals surface area contributed by atoms with Crippen LogP contribution in [0.2, 0.25) is 0 Å². The highest BCUT2D eigenvalue weighted by atomic mass is 19.2. The molecule has 1 aromatic carbocycles. The summed E-state index contributed by atoms with van der Waals surface area (Å²) in [6, 6.07) is 1.15. The van der Waals surface area contributed by atoms with Gasteiger partial charge in [-0.1, -0.05) is 0 Å². The highest BCUT2D eigenvalue weighted by Crippen LogP contribution is 2.38. The Balaban J connectivity index is 2.31. The Labute approximate surface area is 133 Å². The maximum atomic E-state index is 13.8. The lowest BCUT2D eigenvalue weighted by molar-refractivity contribution is 0.00873. The number of anilines is 1. The second kappa shape index (κ2) is 5.70. The molecule has 0 spiro atoms. The first-order valence-electron chi connectivity index (χ1n) is 7.46. The number of halogens is 3. The van der Waals surface area contributed by atoms with E-state index in [0.29, 0.717) is 12.8 Å². The second-order valence-electron chi connectivity index (χ2n) is 7.28. The summed E-state index contributed by atoms with van der Waals surface area (Å²) in [6.45, 7) is 7.48. The highest BCUT2D eigenvalue weighted by Gasteiger charge is 2.47. The van der Waals surface area contributed by atoms with Crippen molar-refractivity contribution in [3.8, 4) is 0 Å². The van der Waals surface area contributed by atoms with Crippen LogP contribution >= 0.6 is 0 Å². The van der Waals surface area contributed by atoms with Crippen LogP contribution in [-0.2, 0) is 0 Å². The van der Waals surface area contributed by atoms with E-state index in [4.69, 9.17) is 5.73 Å². The van der Waals surface area contributed by atoms with Crippen molar-refractivity contribution in [3.63, 3.8) is 0 Å². The molecule has 7 heteroatoms. The Morgan fingerprint density at radius 1 is 1.13 bits per heavy atom. The first kappa shape index (κ1) is 17.6. The van der Waals surface area contributed by atoms with E-state index in [1.807, 2.05) is 27.7 Å². The molecule has 0 aromatic heterocycles. The molecular formula is C16H22F3N3O. The first-order valence-corrected chi connectivity index (χ1v) is 7.46. The molecule has 0 unspecified atom stereocenters. The van der Waals surface area contributed by atoms with Crippen molar-refractivity contribution in [2.75, 3.05) is 5.32 Å². The van der Waals surface area contributed by atoms with E-state index < -0.39 is 40.2 Å². The topological polar surface area (TPSA) is 58.4 Å². The quantitative estimate of drug-likeness (QED) is 0.773. The van der Waals surface area contributed by atoms with Crippen LogP contribution in [0.25, 0.3) is 0 Å². The van der Waals surface area contributed by atoms with Gasteiger partial charge in [0.15, 0.2) is 17.5 Å². The van der Waals surface area contributed by atoms with Crippen LogP contribution in [0.15, 0.2) is 12.1 Å². The minimum absolute atomic E-state index is 0.0518. The van der Waals surface area contributed by atoms with Crippen LogP contribution in [0.4, 0.5) is 23.7 Å². The van der Waals surface area contributed by atoms with Crippen molar-refractivity contribution in [1.82, 2.24) is 4.90 Å². The molecule has 0 aliphatic carbocycles. The number of carbonyl (C=O) groups is 1. The number of nitrogens with zero attached hydrogens (tertiary/aromatic N) is 1. The number of benzene rings is 1. The van der Waals surface area contributed by atoms with Gasteiger partial charge in [0.05, 0.1) is 5.69 Å². The number of amides is 2. The van der Waals surface area contributed by atoms with Crippen LogP contribution in [0, 0.1) is 17.5 Å². The molecule has 4 nitrogen and oxygen atoms in total. The predicted molar refractivity (Wildman–Crippen MR) is 82.5 cm³/mol. The summed E-state index contributed by atoms with van der Waals surface area (Å²) in [5.41, 5.74) is 4.55. The molecule has 1 aliphatic heterocycles. The minimum Gasteiger partial charge on any atom is -0.328 e. The minimum atomic E-state index is -1.61. The average Bonchev–Trinajstić information content (AvgIpc) is 2.36. The molecule has 0 atom stereocenters. The molecule has 3 N–H and O–H groups in total. The van der Waals surface area contributed by atoms with Crippen LogP contribution in [0.3, 0.4) is 0 Å². The smallest absolute Gasteiger partial charge is 0.322 e. The summed E-state index contributed by atoms with van der Waals surface area (Å²) in [5.74, 6) is -4.32. The number of likely N-dealkylation sites (tertiary alicyclic amines) is 1. The zero-order chi connectivity index (χ0) is 17.6. The van der Waals surface area contributed by atoms with E-state index in [9.17, 15) is 18.0 Å². The van der Waals surface area contributed by atoms with Gasteiger partial charge in [-0.3, -0.25) is 0 Å². The molecule has 2 amide bonds. The van der Waals surface area contributed by atoms with Crippen molar-refractivity contribution in [2.45, 2.75) is 57.7 Å². The zero-order valence-corrected chi connectivity index (χ0v) is 13.7. The molecule has 1 fully saturated rings. The fourth-order valence-corrected chi connectivity index (χ4v) is 3.70. The first-order chi connectivity index (χ1) is 10.5. The molecule has 0 radical (unpaired) electrons. The Hall–Kier alpha value is -1.76. The SMILES string of the molecule is CC1(C)CC(N)CC(C)(C)N1C(=O)Nc1ccc(F)c(F)c1F. The molecule has 128 valence electrons. The number of urea groups is 1. The molecule has 0 bridgehead atoms. The normalized spacial score (nSPS) is 20.4. The largest absolute Gasteiger partial charge is 0.328 e. The molecule has 0 saturated carbocycles. The maximum Gasteiger partial charge on any atom is 0.322 e. The number of carbonyl (C=O) groups excluding carboxylic acids is 1. The van der Waals surface area contributed by atoms with Gasteiger partial charge in [0.2, 0.25) is 0 Å². The van der Waals surface area contributed by atoms with Crippen molar-refractivity contribution in [1.29, 1.82) is 0 Å².